The smallest absolute Gasteiger partial charge is 0.408 e. The predicted molar refractivity (Wildman–Crippen MR) is 130 cm³/mol. The van der Waals surface area contributed by atoms with Gasteiger partial charge in [0.2, 0.25) is 11.8 Å². The van der Waals surface area contributed by atoms with E-state index in [0.29, 0.717) is 12.8 Å². The summed E-state index contributed by atoms with van der Waals surface area (Å²) in [4.78, 5) is 16.9. The standard InChI is InChI=1S/C26H34F6N4O3/c1-24(2,3)39-23(37)36-20(14-8-10-25(28,29)11-9-14)22-35-21-16(38-22)7-6-15(18(21)27)19(13-4-5-13)34-12-17(33)26(30,31)32/h6-7,13-14,17,19-20,34H,4-5,8-12,33H2,1-3H3,(H,36,37)/t17?,19?,20-/m0/s1. The number of alkyl carbamates (subject to hydrolysis) is 1. The van der Waals surface area contributed by atoms with Crippen LogP contribution in [0.4, 0.5) is 31.1 Å². The summed E-state index contributed by atoms with van der Waals surface area (Å²) in [5, 5.41) is 5.42. The number of rotatable bonds is 8. The summed E-state index contributed by atoms with van der Waals surface area (Å²) in [6.07, 6.45) is -4.56. The topological polar surface area (TPSA) is 102 Å². The molecular weight excluding hydrogens is 530 g/mol. The minimum atomic E-state index is -4.59. The van der Waals surface area contributed by atoms with Crippen molar-refractivity contribution in [3.05, 3.63) is 29.4 Å². The number of halogens is 6. The van der Waals surface area contributed by atoms with Crippen LogP contribution in [-0.4, -0.2) is 41.4 Å². The van der Waals surface area contributed by atoms with Crippen LogP contribution in [0.3, 0.4) is 0 Å². The number of nitrogens with zero attached hydrogens (tertiary/aromatic N) is 1. The average molecular weight is 565 g/mol. The average Bonchev–Trinajstić information content (AvgIpc) is 3.55. The number of nitrogens with two attached hydrogens (primary N) is 1. The minimum Gasteiger partial charge on any atom is -0.444 e. The molecule has 0 bridgehead atoms. The van der Waals surface area contributed by atoms with E-state index in [9.17, 15) is 26.7 Å². The highest BCUT2D eigenvalue weighted by atomic mass is 19.4. The van der Waals surface area contributed by atoms with Crippen LogP contribution < -0.4 is 16.4 Å². The van der Waals surface area contributed by atoms with Gasteiger partial charge in [-0.15, -0.1) is 0 Å². The lowest BCUT2D eigenvalue weighted by atomic mass is 9.82. The number of carbonyl (C=O) groups excluding carboxylic acids is 1. The van der Waals surface area contributed by atoms with Crippen molar-refractivity contribution in [3.63, 3.8) is 0 Å². The highest BCUT2D eigenvalue weighted by molar-refractivity contribution is 5.75. The molecule has 2 aliphatic carbocycles. The number of benzene rings is 1. The molecule has 4 rings (SSSR count). The molecule has 2 aromatic rings. The molecule has 0 spiro atoms. The molecule has 2 aliphatic rings. The van der Waals surface area contributed by atoms with Crippen LogP contribution in [0, 0.1) is 17.7 Å². The highest BCUT2D eigenvalue weighted by Crippen LogP contribution is 2.44. The van der Waals surface area contributed by atoms with Crippen LogP contribution in [0.1, 0.15) is 82.8 Å². The Morgan fingerprint density at radius 1 is 1.13 bits per heavy atom. The van der Waals surface area contributed by atoms with E-state index < -0.39 is 60.2 Å². The fourth-order valence-electron chi connectivity index (χ4n) is 4.91. The molecule has 2 fully saturated rings. The molecule has 4 N–H and O–H groups in total. The molecule has 1 aromatic heterocycles. The maximum atomic E-state index is 15.7. The number of amides is 1. The summed E-state index contributed by atoms with van der Waals surface area (Å²) in [7, 11) is 0. The molecule has 2 unspecified atom stereocenters. The minimum absolute atomic E-state index is 0.0582. The number of fused-ring (bicyclic) bond motifs is 1. The highest BCUT2D eigenvalue weighted by Gasteiger charge is 2.42. The Balaban J connectivity index is 1.62. The van der Waals surface area contributed by atoms with Gasteiger partial charge in [-0.05, 0) is 64.4 Å². The van der Waals surface area contributed by atoms with E-state index in [1.54, 1.807) is 20.8 Å². The van der Waals surface area contributed by atoms with Gasteiger partial charge in [0.1, 0.15) is 23.2 Å². The lowest BCUT2D eigenvalue weighted by molar-refractivity contribution is -0.146. The molecule has 2 saturated carbocycles. The van der Waals surface area contributed by atoms with Gasteiger partial charge in [0.05, 0.1) is 0 Å². The number of hydrogen-bond donors (Lipinski definition) is 3. The van der Waals surface area contributed by atoms with Crippen molar-refractivity contribution in [1.29, 1.82) is 0 Å². The SMILES string of the molecule is CC(C)(C)OC(=O)N[C@H](c1nc2c(F)c(C(NCC(N)C(F)(F)F)C3CC3)ccc2o1)C1CCC(F)(F)CC1. The van der Waals surface area contributed by atoms with E-state index in [2.05, 4.69) is 15.6 Å². The van der Waals surface area contributed by atoms with Gasteiger partial charge in [-0.3, -0.25) is 0 Å². The maximum absolute atomic E-state index is 15.7. The monoisotopic (exact) mass is 564 g/mol. The maximum Gasteiger partial charge on any atom is 0.408 e. The quantitative estimate of drug-likeness (QED) is 0.326. The number of nitrogens with one attached hydrogen (secondary N) is 2. The van der Waals surface area contributed by atoms with E-state index in [1.807, 2.05) is 0 Å². The molecule has 0 saturated heterocycles. The molecule has 39 heavy (non-hydrogen) atoms. The molecule has 1 heterocycles. The first-order valence-electron chi connectivity index (χ1n) is 13.1. The summed E-state index contributed by atoms with van der Waals surface area (Å²) >= 11 is 0. The molecule has 13 heteroatoms. The Kier molecular flexibility index (Phi) is 8.15. The van der Waals surface area contributed by atoms with Gasteiger partial charge < -0.3 is 25.5 Å². The summed E-state index contributed by atoms with van der Waals surface area (Å²) in [6, 6.07) is -0.872. The molecule has 1 amide bonds. The van der Waals surface area contributed by atoms with E-state index in [4.69, 9.17) is 14.9 Å². The number of oxazole rings is 1. The van der Waals surface area contributed by atoms with Crippen LogP contribution in [0.2, 0.25) is 0 Å². The Labute approximate surface area is 222 Å². The van der Waals surface area contributed by atoms with Gasteiger partial charge in [-0.2, -0.15) is 13.2 Å². The molecule has 0 radical (unpaired) electrons. The molecule has 0 aliphatic heterocycles. The van der Waals surface area contributed by atoms with Crippen molar-refractivity contribution in [3.8, 4) is 0 Å². The zero-order valence-corrected chi connectivity index (χ0v) is 22.0. The van der Waals surface area contributed by atoms with Gasteiger partial charge >= 0.3 is 12.3 Å². The number of carbonyl (C=O) groups is 1. The van der Waals surface area contributed by atoms with Crippen LogP contribution in [0.25, 0.3) is 11.1 Å². The van der Waals surface area contributed by atoms with Gasteiger partial charge in [0.15, 0.2) is 11.4 Å². The zero-order chi connectivity index (χ0) is 28.8. The van der Waals surface area contributed by atoms with Crippen LogP contribution in [-0.2, 0) is 4.74 Å². The van der Waals surface area contributed by atoms with Gasteiger partial charge in [-0.1, -0.05) is 6.07 Å². The number of alkyl halides is 5. The first-order valence-corrected chi connectivity index (χ1v) is 13.1. The number of hydrogen-bond acceptors (Lipinski definition) is 6. The van der Waals surface area contributed by atoms with E-state index >= 15 is 4.39 Å². The molecule has 218 valence electrons. The fraction of sp³-hybridized carbons (Fsp3) is 0.692. The Morgan fingerprint density at radius 3 is 2.31 bits per heavy atom. The van der Waals surface area contributed by atoms with Crippen molar-refractivity contribution >= 4 is 17.2 Å². The third-order valence-electron chi connectivity index (χ3n) is 7.12. The van der Waals surface area contributed by atoms with E-state index in [1.165, 1.54) is 12.1 Å². The molecule has 3 atom stereocenters. The summed E-state index contributed by atoms with van der Waals surface area (Å²) in [5.74, 6) is -4.16. The van der Waals surface area contributed by atoms with Gasteiger partial charge in [0, 0.05) is 31.0 Å². The summed E-state index contributed by atoms with van der Waals surface area (Å²) < 4.78 is 93.3. The summed E-state index contributed by atoms with van der Waals surface area (Å²) in [5.41, 5.74) is 4.44. The lowest BCUT2D eigenvalue weighted by Gasteiger charge is -2.33. The Bertz CT molecular complexity index is 1160. The predicted octanol–water partition coefficient (Wildman–Crippen LogP) is 6.29. The van der Waals surface area contributed by atoms with Gasteiger partial charge in [-0.25, -0.2) is 22.9 Å². The first kappa shape index (κ1) is 29.4. The van der Waals surface area contributed by atoms with Crippen LogP contribution in [0.15, 0.2) is 16.5 Å². The summed E-state index contributed by atoms with van der Waals surface area (Å²) in [6.45, 7) is 4.43. The third-order valence-corrected chi connectivity index (χ3v) is 7.12. The second-order valence-corrected chi connectivity index (χ2v) is 11.6. The number of ether oxygens (including phenoxy) is 1. The molecular formula is C26H34F6N4O3. The van der Waals surface area contributed by atoms with Crippen molar-refractivity contribution in [2.75, 3.05) is 6.54 Å². The second-order valence-electron chi connectivity index (χ2n) is 11.6. The largest absolute Gasteiger partial charge is 0.444 e. The second kappa shape index (κ2) is 10.8. The molecule has 7 nitrogen and oxygen atoms in total. The van der Waals surface area contributed by atoms with E-state index in [-0.39, 0.29) is 54.2 Å². The van der Waals surface area contributed by atoms with Crippen molar-refractivity contribution in [1.82, 2.24) is 15.6 Å². The fourth-order valence-corrected chi connectivity index (χ4v) is 4.91. The molecule has 1 aromatic carbocycles. The lowest BCUT2D eigenvalue weighted by Crippen LogP contribution is -2.46. The van der Waals surface area contributed by atoms with Crippen LogP contribution >= 0.6 is 0 Å². The van der Waals surface area contributed by atoms with Crippen molar-refractivity contribution in [2.24, 2.45) is 17.6 Å². The first-order chi connectivity index (χ1) is 18.0. The van der Waals surface area contributed by atoms with Crippen LogP contribution in [0.5, 0.6) is 0 Å². The third kappa shape index (κ3) is 7.36. The number of aromatic nitrogens is 1. The Morgan fingerprint density at radius 2 is 1.74 bits per heavy atom. The normalized spacial score (nSPS) is 21.0. The van der Waals surface area contributed by atoms with Crippen molar-refractivity contribution < 1.29 is 40.3 Å². The zero-order valence-electron chi connectivity index (χ0n) is 22.0. The van der Waals surface area contributed by atoms with E-state index in [0.717, 1.165) is 0 Å². The van der Waals surface area contributed by atoms with Crippen molar-refractivity contribution in [2.45, 2.75) is 95.1 Å². The Hall–Kier alpha value is -2.54. The van der Waals surface area contributed by atoms with Gasteiger partial charge in [0.25, 0.3) is 0 Å².